The highest BCUT2D eigenvalue weighted by Crippen LogP contribution is 2.34. The lowest BCUT2D eigenvalue weighted by molar-refractivity contribution is 0.171. The zero-order valence-corrected chi connectivity index (χ0v) is 12.6. The fourth-order valence-corrected chi connectivity index (χ4v) is 2.60. The quantitative estimate of drug-likeness (QED) is 0.848. The van der Waals surface area contributed by atoms with Gasteiger partial charge in [0.2, 0.25) is 0 Å². The molecular formula is C15H13ClN2O2S. The molecule has 0 atom stereocenters. The largest absolute Gasteiger partial charge is 0.486 e. The van der Waals surface area contributed by atoms with Gasteiger partial charge in [0.05, 0.1) is 5.02 Å². The van der Waals surface area contributed by atoms with Gasteiger partial charge in [-0.1, -0.05) is 23.8 Å². The second kappa shape index (κ2) is 5.79. The monoisotopic (exact) mass is 320 g/mol. The molecule has 0 fully saturated rings. The van der Waals surface area contributed by atoms with Crippen molar-refractivity contribution in [2.75, 3.05) is 18.5 Å². The third-order valence-corrected chi connectivity index (χ3v) is 3.60. The molecule has 0 aliphatic carbocycles. The highest BCUT2D eigenvalue weighted by Gasteiger charge is 2.12. The number of hydrogen-bond donors (Lipinski definition) is 2. The van der Waals surface area contributed by atoms with Gasteiger partial charge in [-0.2, -0.15) is 0 Å². The Morgan fingerprint density at radius 1 is 1.05 bits per heavy atom. The van der Waals surface area contributed by atoms with Gasteiger partial charge in [-0.3, -0.25) is 0 Å². The molecule has 6 heteroatoms. The molecule has 0 bridgehead atoms. The number of hydrogen-bond acceptors (Lipinski definition) is 4. The van der Waals surface area contributed by atoms with Crippen molar-refractivity contribution in [1.29, 1.82) is 0 Å². The van der Waals surface area contributed by atoms with E-state index in [2.05, 4.69) is 5.32 Å². The van der Waals surface area contributed by atoms with Crippen LogP contribution in [0, 0.1) is 0 Å². The van der Waals surface area contributed by atoms with E-state index < -0.39 is 0 Å². The maximum Gasteiger partial charge on any atom is 0.163 e. The SMILES string of the molecule is NC(=S)c1ccc(Nc2ccc3c(c2)OCCO3)cc1Cl. The number of thiocarbonyl (C=S) groups is 1. The van der Waals surface area contributed by atoms with Crippen LogP contribution in [0.5, 0.6) is 11.5 Å². The standard InChI is InChI=1S/C15H13ClN2O2S/c16-12-7-9(1-3-11(12)15(17)21)18-10-2-4-13-14(8-10)20-6-5-19-13/h1-4,7-8,18H,5-6H2,(H2,17,21). The van der Waals surface area contributed by atoms with E-state index in [1.54, 1.807) is 12.1 Å². The minimum absolute atomic E-state index is 0.283. The molecule has 0 radical (unpaired) electrons. The van der Waals surface area contributed by atoms with Crippen LogP contribution in [-0.4, -0.2) is 18.2 Å². The Morgan fingerprint density at radius 2 is 1.71 bits per heavy atom. The molecule has 0 unspecified atom stereocenters. The highest BCUT2D eigenvalue weighted by atomic mass is 35.5. The lowest BCUT2D eigenvalue weighted by Crippen LogP contribution is -2.15. The third kappa shape index (κ3) is 3.04. The highest BCUT2D eigenvalue weighted by molar-refractivity contribution is 7.80. The number of nitrogens with one attached hydrogen (secondary N) is 1. The topological polar surface area (TPSA) is 56.5 Å². The van der Waals surface area contributed by atoms with Crippen LogP contribution in [0.4, 0.5) is 11.4 Å². The van der Waals surface area contributed by atoms with Crippen molar-refractivity contribution in [3.05, 3.63) is 47.0 Å². The van der Waals surface area contributed by atoms with Crippen molar-refractivity contribution in [3.63, 3.8) is 0 Å². The molecule has 0 saturated heterocycles. The van der Waals surface area contributed by atoms with Crippen molar-refractivity contribution < 1.29 is 9.47 Å². The Bertz CT molecular complexity index is 706. The molecule has 1 aliphatic heterocycles. The van der Waals surface area contributed by atoms with Crippen LogP contribution in [0.15, 0.2) is 36.4 Å². The minimum Gasteiger partial charge on any atom is -0.486 e. The van der Waals surface area contributed by atoms with Crippen LogP contribution in [0.25, 0.3) is 0 Å². The van der Waals surface area contributed by atoms with E-state index in [0.717, 1.165) is 22.9 Å². The number of halogens is 1. The second-order valence-corrected chi connectivity index (χ2v) is 5.39. The summed E-state index contributed by atoms with van der Waals surface area (Å²) in [4.78, 5) is 0.283. The Balaban J connectivity index is 1.83. The zero-order valence-electron chi connectivity index (χ0n) is 11.1. The van der Waals surface area contributed by atoms with E-state index >= 15 is 0 Å². The number of nitrogens with two attached hydrogens (primary N) is 1. The predicted octanol–water partition coefficient (Wildman–Crippen LogP) is 3.49. The lowest BCUT2D eigenvalue weighted by atomic mass is 10.2. The van der Waals surface area contributed by atoms with E-state index in [1.807, 2.05) is 24.3 Å². The van der Waals surface area contributed by atoms with Crippen molar-refractivity contribution in [2.24, 2.45) is 5.73 Å². The van der Waals surface area contributed by atoms with Gasteiger partial charge in [0, 0.05) is 23.0 Å². The first-order valence-electron chi connectivity index (χ1n) is 6.39. The average Bonchev–Trinajstić information content (AvgIpc) is 2.47. The number of ether oxygens (including phenoxy) is 2. The molecule has 3 rings (SSSR count). The van der Waals surface area contributed by atoms with Gasteiger partial charge in [0.25, 0.3) is 0 Å². The van der Waals surface area contributed by atoms with Crippen molar-refractivity contribution >= 4 is 40.2 Å². The van der Waals surface area contributed by atoms with E-state index in [9.17, 15) is 0 Å². The number of benzene rings is 2. The lowest BCUT2D eigenvalue weighted by Gasteiger charge is -2.19. The predicted molar refractivity (Wildman–Crippen MR) is 88.1 cm³/mol. The third-order valence-electron chi connectivity index (χ3n) is 3.07. The van der Waals surface area contributed by atoms with Gasteiger partial charge in [-0.25, -0.2) is 0 Å². The average molecular weight is 321 g/mol. The molecule has 3 N–H and O–H groups in total. The number of fused-ring (bicyclic) bond motifs is 1. The Hall–Kier alpha value is -1.98. The molecule has 2 aromatic carbocycles. The molecule has 1 heterocycles. The molecule has 2 aromatic rings. The molecule has 0 amide bonds. The summed E-state index contributed by atoms with van der Waals surface area (Å²) >= 11 is 11.1. The second-order valence-electron chi connectivity index (χ2n) is 4.54. The number of rotatable bonds is 3. The van der Waals surface area contributed by atoms with Gasteiger partial charge in [0.15, 0.2) is 11.5 Å². The van der Waals surface area contributed by atoms with Crippen molar-refractivity contribution in [3.8, 4) is 11.5 Å². The Morgan fingerprint density at radius 3 is 2.43 bits per heavy atom. The van der Waals surface area contributed by atoms with Crippen LogP contribution in [0.2, 0.25) is 5.02 Å². The van der Waals surface area contributed by atoms with Crippen LogP contribution < -0.4 is 20.5 Å². The first-order chi connectivity index (χ1) is 10.1. The minimum atomic E-state index is 0.283. The van der Waals surface area contributed by atoms with E-state index in [0.29, 0.717) is 23.8 Å². The Kier molecular flexibility index (Phi) is 3.86. The smallest absolute Gasteiger partial charge is 0.163 e. The molecule has 0 spiro atoms. The summed E-state index contributed by atoms with van der Waals surface area (Å²) in [7, 11) is 0. The van der Waals surface area contributed by atoms with Crippen molar-refractivity contribution in [2.45, 2.75) is 0 Å². The Labute approximate surface area is 132 Å². The summed E-state index contributed by atoms with van der Waals surface area (Å²) < 4.78 is 11.0. The van der Waals surface area contributed by atoms with Crippen LogP contribution in [0.3, 0.4) is 0 Å². The summed E-state index contributed by atoms with van der Waals surface area (Å²) in [6, 6.07) is 11.1. The molecule has 108 valence electrons. The number of anilines is 2. The fraction of sp³-hybridized carbons (Fsp3) is 0.133. The summed E-state index contributed by atoms with van der Waals surface area (Å²) in [5.41, 5.74) is 7.99. The molecule has 0 saturated carbocycles. The summed E-state index contributed by atoms with van der Waals surface area (Å²) in [5.74, 6) is 1.49. The normalized spacial score (nSPS) is 12.8. The van der Waals surface area contributed by atoms with Crippen molar-refractivity contribution in [1.82, 2.24) is 0 Å². The van der Waals surface area contributed by atoms with Gasteiger partial charge < -0.3 is 20.5 Å². The first kappa shape index (κ1) is 14.0. The first-order valence-corrected chi connectivity index (χ1v) is 7.18. The van der Waals surface area contributed by atoms with Gasteiger partial charge in [-0.05, 0) is 30.3 Å². The summed E-state index contributed by atoms with van der Waals surface area (Å²) in [5, 5.41) is 3.78. The summed E-state index contributed by atoms with van der Waals surface area (Å²) in [6.45, 7) is 1.14. The van der Waals surface area contributed by atoms with E-state index in [1.165, 1.54) is 0 Å². The molecule has 4 nitrogen and oxygen atoms in total. The van der Waals surface area contributed by atoms with E-state index in [4.69, 9.17) is 39.0 Å². The fourth-order valence-electron chi connectivity index (χ4n) is 2.08. The van der Waals surface area contributed by atoms with Crippen LogP contribution in [0.1, 0.15) is 5.56 Å². The van der Waals surface area contributed by atoms with Crippen LogP contribution >= 0.6 is 23.8 Å². The molecular weight excluding hydrogens is 308 g/mol. The van der Waals surface area contributed by atoms with Crippen LogP contribution in [-0.2, 0) is 0 Å². The van der Waals surface area contributed by atoms with Gasteiger partial charge in [-0.15, -0.1) is 0 Å². The maximum atomic E-state index is 6.15. The zero-order chi connectivity index (χ0) is 14.8. The molecule has 1 aliphatic rings. The molecule has 21 heavy (non-hydrogen) atoms. The van der Waals surface area contributed by atoms with Gasteiger partial charge in [0.1, 0.15) is 18.2 Å². The molecule has 0 aromatic heterocycles. The van der Waals surface area contributed by atoms with Gasteiger partial charge >= 0.3 is 0 Å². The maximum absolute atomic E-state index is 6.15. The van der Waals surface area contributed by atoms with E-state index in [-0.39, 0.29) is 4.99 Å². The summed E-state index contributed by atoms with van der Waals surface area (Å²) in [6.07, 6.45) is 0.